The van der Waals surface area contributed by atoms with Gasteiger partial charge in [-0.05, 0) is 31.0 Å². The molecule has 0 aliphatic rings. The number of ketones is 1. The van der Waals surface area contributed by atoms with Gasteiger partial charge in [-0.2, -0.15) is 0 Å². The van der Waals surface area contributed by atoms with Crippen molar-refractivity contribution in [2.24, 2.45) is 5.92 Å². The summed E-state index contributed by atoms with van der Waals surface area (Å²) in [5, 5.41) is 0. The molecule has 0 N–H and O–H groups in total. The molecule has 0 saturated heterocycles. The molecule has 16 heavy (non-hydrogen) atoms. The zero-order valence-corrected chi connectivity index (χ0v) is 12.3. The smallest absolute Gasteiger partial charge is 0.160 e. The molecular formula is C13H17BrOS. The molecule has 1 atom stereocenters. The summed E-state index contributed by atoms with van der Waals surface area (Å²) in [5.41, 5.74) is 0.822. The van der Waals surface area contributed by atoms with Crippen molar-refractivity contribution in [1.82, 2.24) is 0 Å². The second-order valence-corrected chi connectivity index (χ2v) is 6.00. The van der Waals surface area contributed by atoms with Crippen LogP contribution in [0.25, 0.3) is 0 Å². The highest BCUT2D eigenvalue weighted by atomic mass is 79.9. The Morgan fingerprint density at radius 3 is 2.75 bits per heavy atom. The van der Waals surface area contributed by atoms with Crippen molar-refractivity contribution >= 4 is 33.5 Å². The van der Waals surface area contributed by atoms with Crippen LogP contribution in [0.3, 0.4) is 0 Å². The summed E-state index contributed by atoms with van der Waals surface area (Å²) in [6.07, 6.45) is 1.18. The first-order valence-corrected chi connectivity index (χ1v) is 7.25. The summed E-state index contributed by atoms with van der Waals surface area (Å²) in [6.45, 7) is 6.05. The van der Waals surface area contributed by atoms with Gasteiger partial charge in [0.15, 0.2) is 5.78 Å². The monoisotopic (exact) mass is 300 g/mol. The lowest BCUT2D eigenvalue weighted by atomic mass is 10.1. The topological polar surface area (TPSA) is 17.1 Å². The number of rotatable bonds is 5. The predicted molar refractivity (Wildman–Crippen MR) is 74.3 cm³/mol. The number of carbonyl (C=O) groups excluding carboxylic acids is 1. The van der Waals surface area contributed by atoms with Crippen LogP contribution in [0, 0.1) is 5.92 Å². The van der Waals surface area contributed by atoms with Gasteiger partial charge in [-0.15, -0.1) is 11.8 Å². The van der Waals surface area contributed by atoms with E-state index < -0.39 is 0 Å². The van der Waals surface area contributed by atoms with Gasteiger partial charge in [0.05, 0.1) is 0 Å². The van der Waals surface area contributed by atoms with Crippen molar-refractivity contribution in [2.45, 2.75) is 32.1 Å². The van der Waals surface area contributed by atoms with Crippen molar-refractivity contribution < 1.29 is 4.79 Å². The molecule has 0 bridgehead atoms. The molecule has 0 fully saturated rings. The molecule has 1 rings (SSSR count). The van der Waals surface area contributed by atoms with Crippen LogP contribution in [-0.4, -0.2) is 11.5 Å². The molecule has 0 spiro atoms. The van der Waals surface area contributed by atoms with E-state index in [0.29, 0.717) is 5.92 Å². The summed E-state index contributed by atoms with van der Waals surface area (Å²) in [5.74, 6) is 1.89. The lowest BCUT2D eigenvalue weighted by molar-refractivity contribution is 0.101. The Morgan fingerprint density at radius 1 is 1.50 bits per heavy atom. The van der Waals surface area contributed by atoms with E-state index >= 15 is 0 Å². The molecule has 0 radical (unpaired) electrons. The Kier molecular flexibility index (Phi) is 5.56. The van der Waals surface area contributed by atoms with Gasteiger partial charge in [-0.1, -0.05) is 36.2 Å². The van der Waals surface area contributed by atoms with Crippen LogP contribution in [0.2, 0.25) is 0 Å². The van der Waals surface area contributed by atoms with Gasteiger partial charge < -0.3 is 0 Å². The Bertz CT molecular complexity index is 376. The third kappa shape index (κ3) is 3.95. The molecule has 3 heteroatoms. The Balaban J connectivity index is 2.82. The first-order valence-electron chi connectivity index (χ1n) is 5.47. The van der Waals surface area contributed by atoms with Gasteiger partial charge in [0.1, 0.15) is 0 Å². The highest BCUT2D eigenvalue weighted by Gasteiger charge is 2.09. The van der Waals surface area contributed by atoms with E-state index in [1.54, 1.807) is 18.7 Å². The lowest BCUT2D eigenvalue weighted by Crippen LogP contribution is -1.99. The Hall–Kier alpha value is -0.280. The van der Waals surface area contributed by atoms with Gasteiger partial charge in [0, 0.05) is 20.7 Å². The lowest BCUT2D eigenvalue weighted by Gasteiger charge is -2.10. The zero-order chi connectivity index (χ0) is 12.1. The number of benzene rings is 1. The summed E-state index contributed by atoms with van der Waals surface area (Å²) >= 11 is 5.17. The minimum absolute atomic E-state index is 0.132. The van der Waals surface area contributed by atoms with E-state index in [0.717, 1.165) is 20.7 Å². The third-order valence-electron chi connectivity index (χ3n) is 2.54. The SMILES string of the molecule is CCC(C)CSc1ccc(Br)cc1C(C)=O. The van der Waals surface area contributed by atoms with Crippen LogP contribution in [0.5, 0.6) is 0 Å². The van der Waals surface area contributed by atoms with Crippen LogP contribution in [0.15, 0.2) is 27.6 Å². The van der Waals surface area contributed by atoms with Crippen molar-refractivity contribution in [1.29, 1.82) is 0 Å². The molecule has 1 aromatic rings. The van der Waals surface area contributed by atoms with Crippen molar-refractivity contribution in [3.63, 3.8) is 0 Å². The van der Waals surface area contributed by atoms with Gasteiger partial charge in [0.2, 0.25) is 0 Å². The molecule has 1 nitrogen and oxygen atoms in total. The number of thioether (sulfide) groups is 1. The van der Waals surface area contributed by atoms with Crippen LogP contribution in [0.1, 0.15) is 37.6 Å². The number of hydrogen-bond donors (Lipinski definition) is 0. The van der Waals surface area contributed by atoms with Gasteiger partial charge in [-0.25, -0.2) is 0 Å². The van der Waals surface area contributed by atoms with Crippen LogP contribution >= 0.6 is 27.7 Å². The second-order valence-electron chi connectivity index (χ2n) is 4.02. The summed E-state index contributed by atoms with van der Waals surface area (Å²) in [6, 6.07) is 5.92. The molecule has 0 aliphatic carbocycles. The van der Waals surface area contributed by atoms with Crippen LogP contribution < -0.4 is 0 Å². The summed E-state index contributed by atoms with van der Waals surface area (Å²) < 4.78 is 0.964. The first kappa shape index (κ1) is 13.8. The highest BCUT2D eigenvalue weighted by Crippen LogP contribution is 2.28. The van der Waals surface area contributed by atoms with Crippen molar-refractivity contribution in [3.8, 4) is 0 Å². The van der Waals surface area contributed by atoms with E-state index in [1.165, 1.54) is 6.42 Å². The van der Waals surface area contributed by atoms with Crippen LogP contribution in [-0.2, 0) is 0 Å². The molecule has 88 valence electrons. The minimum Gasteiger partial charge on any atom is -0.294 e. The fraction of sp³-hybridized carbons (Fsp3) is 0.462. The van der Waals surface area contributed by atoms with E-state index in [1.807, 2.05) is 18.2 Å². The van der Waals surface area contributed by atoms with Gasteiger partial charge >= 0.3 is 0 Å². The molecule has 0 aliphatic heterocycles. The quantitative estimate of drug-likeness (QED) is 0.574. The Morgan fingerprint density at radius 2 is 2.19 bits per heavy atom. The second kappa shape index (κ2) is 6.45. The summed E-state index contributed by atoms with van der Waals surface area (Å²) in [7, 11) is 0. The fourth-order valence-corrected chi connectivity index (χ4v) is 2.84. The molecule has 1 unspecified atom stereocenters. The summed E-state index contributed by atoms with van der Waals surface area (Å²) in [4.78, 5) is 12.6. The maximum Gasteiger partial charge on any atom is 0.160 e. The van der Waals surface area contributed by atoms with E-state index in [4.69, 9.17) is 0 Å². The highest BCUT2D eigenvalue weighted by molar-refractivity contribution is 9.10. The fourth-order valence-electron chi connectivity index (χ4n) is 1.25. The average Bonchev–Trinajstić information content (AvgIpc) is 2.26. The molecule has 1 aromatic carbocycles. The minimum atomic E-state index is 0.132. The van der Waals surface area contributed by atoms with Crippen molar-refractivity contribution in [3.05, 3.63) is 28.2 Å². The van der Waals surface area contributed by atoms with Crippen LogP contribution in [0.4, 0.5) is 0 Å². The zero-order valence-electron chi connectivity index (χ0n) is 9.92. The largest absolute Gasteiger partial charge is 0.294 e. The van der Waals surface area contributed by atoms with Gasteiger partial charge in [-0.3, -0.25) is 4.79 Å². The van der Waals surface area contributed by atoms with E-state index in [2.05, 4.69) is 29.8 Å². The molecule has 0 aromatic heterocycles. The molecule has 0 heterocycles. The predicted octanol–water partition coefficient (Wildman–Crippen LogP) is 4.79. The van der Waals surface area contributed by atoms with E-state index in [9.17, 15) is 4.79 Å². The normalized spacial score (nSPS) is 12.5. The number of halogens is 1. The first-order chi connectivity index (χ1) is 7.54. The third-order valence-corrected chi connectivity index (χ3v) is 4.44. The number of hydrogen-bond acceptors (Lipinski definition) is 2. The van der Waals surface area contributed by atoms with Gasteiger partial charge in [0.25, 0.3) is 0 Å². The average molecular weight is 301 g/mol. The molecule has 0 amide bonds. The number of Topliss-reactive ketones (excluding diaryl/α,β-unsaturated/α-hetero) is 1. The molecular weight excluding hydrogens is 284 g/mol. The maximum atomic E-state index is 11.5. The standard InChI is InChI=1S/C13H17BrOS/c1-4-9(2)8-16-13-6-5-11(14)7-12(13)10(3)15/h5-7,9H,4,8H2,1-3H3. The van der Waals surface area contributed by atoms with Crippen molar-refractivity contribution in [2.75, 3.05) is 5.75 Å². The van der Waals surface area contributed by atoms with E-state index in [-0.39, 0.29) is 5.78 Å². The molecule has 0 saturated carbocycles. The maximum absolute atomic E-state index is 11.5. The Labute approximate surface area is 110 Å². The number of carbonyl (C=O) groups is 1.